The number of hydrogen-bond acceptors (Lipinski definition) is 2. The smallest absolute Gasteiger partial charge is 0.207 e. The van der Waals surface area contributed by atoms with Crippen LogP contribution in [0.25, 0.3) is 0 Å². The molecule has 1 unspecified atom stereocenters. The van der Waals surface area contributed by atoms with Gasteiger partial charge in [0.2, 0.25) is 6.41 Å². The number of unbranched alkanes of at least 4 members (excludes halogenated alkanes) is 1. The summed E-state index contributed by atoms with van der Waals surface area (Å²) in [4.78, 5) is 9.85. The van der Waals surface area contributed by atoms with E-state index >= 15 is 0 Å². The third-order valence-electron chi connectivity index (χ3n) is 2.13. The summed E-state index contributed by atoms with van der Waals surface area (Å²) in [7, 11) is 0. The van der Waals surface area contributed by atoms with Crippen molar-refractivity contribution < 1.29 is 4.79 Å². The molecule has 0 saturated carbocycles. The fourth-order valence-electron chi connectivity index (χ4n) is 1.27. The highest BCUT2D eigenvalue weighted by Gasteiger charge is 2.14. The fraction of sp³-hybridized carbons (Fsp3) is 0.875. The molecule has 11 heavy (non-hydrogen) atoms. The molecule has 0 aromatic carbocycles. The lowest BCUT2D eigenvalue weighted by Gasteiger charge is -2.27. The van der Waals surface area contributed by atoms with Gasteiger partial charge in [-0.1, -0.05) is 6.42 Å². The molecule has 0 spiro atoms. The third kappa shape index (κ3) is 3.37. The van der Waals surface area contributed by atoms with Gasteiger partial charge in [-0.25, -0.2) is 0 Å². The van der Waals surface area contributed by atoms with Crippen LogP contribution in [0.3, 0.4) is 0 Å². The Balaban J connectivity index is 1.76. The van der Waals surface area contributed by atoms with Crippen LogP contribution in [-0.2, 0) is 4.79 Å². The van der Waals surface area contributed by atoms with Crippen molar-refractivity contribution in [3.8, 4) is 0 Å². The molecule has 0 bridgehead atoms. The van der Waals surface area contributed by atoms with Crippen LogP contribution in [0.15, 0.2) is 0 Å². The molecule has 1 fully saturated rings. The highest BCUT2D eigenvalue weighted by atomic mass is 16.1. The lowest BCUT2D eigenvalue weighted by atomic mass is 10.0. The van der Waals surface area contributed by atoms with Gasteiger partial charge in [0, 0.05) is 12.6 Å². The number of carbonyl (C=O) groups excluding carboxylic acids is 1. The van der Waals surface area contributed by atoms with E-state index in [9.17, 15) is 4.79 Å². The average Bonchev–Trinajstić information content (AvgIpc) is 1.93. The van der Waals surface area contributed by atoms with E-state index in [4.69, 9.17) is 0 Å². The standard InChI is InChI=1S/C8H16N2O/c11-7-9-5-2-1-3-8-4-6-10-8/h7-8,10H,1-6H2,(H,9,11). The van der Waals surface area contributed by atoms with Crippen molar-refractivity contribution in [3.05, 3.63) is 0 Å². The van der Waals surface area contributed by atoms with Crippen LogP contribution < -0.4 is 10.6 Å². The second kappa shape index (κ2) is 5.13. The van der Waals surface area contributed by atoms with Crippen LogP contribution in [0.4, 0.5) is 0 Å². The maximum atomic E-state index is 9.85. The summed E-state index contributed by atoms with van der Waals surface area (Å²) in [5, 5.41) is 6.00. The second-order valence-corrected chi connectivity index (χ2v) is 3.01. The Hall–Kier alpha value is -0.570. The van der Waals surface area contributed by atoms with Crippen molar-refractivity contribution in [3.63, 3.8) is 0 Å². The van der Waals surface area contributed by atoms with Crippen molar-refractivity contribution in [2.75, 3.05) is 13.1 Å². The van der Waals surface area contributed by atoms with Gasteiger partial charge in [0.15, 0.2) is 0 Å². The Morgan fingerprint density at radius 3 is 2.91 bits per heavy atom. The van der Waals surface area contributed by atoms with Gasteiger partial charge in [0.25, 0.3) is 0 Å². The minimum Gasteiger partial charge on any atom is -0.359 e. The zero-order valence-corrected chi connectivity index (χ0v) is 6.81. The molecule has 0 aromatic rings. The van der Waals surface area contributed by atoms with E-state index in [1.807, 2.05) is 0 Å². The predicted octanol–water partition coefficient (Wildman–Crippen LogP) is 0.265. The number of hydrogen-bond donors (Lipinski definition) is 2. The number of nitrogens with one attached hydrogen (secondary N) is 2. The van der Waals surface area contributed by atoms with Gasteiger partial charge in [0.05, 0.1) is 0 Å². The first-order valence-corrected chi connectivity index (χ1v) is 4.34. The minimum atomic E-state index is 0.765. The molecule has 3 heteroatoms. The molecule has 1 atom stereocenters. The van der Waals surface area contributed by atoms with E-state index in [0.29, 0.717) is 0 Å². The molecule has 0 aromatic heterocycles. The maximum Gasteiger partial charge on any atom is 0.207 e. The van der Waals surface area contributed by atoms with Gasteiger partial charge < -0.3 is 10.6 Å². The monoisotopic (exact) mass is 156 g/mol. The van der Waals surface area contributed by atoms with E-state index in [1.165, 1.54) is 25.8 Å². The zero-order chi connectivity index (χ0) is 7.94. The molecule has 1 amide bonds. The Bertz CT molecular complexity index is 113. The highest BCUT2D eigenvalue weighted by molar-refractivity contribution is 5.45. The molecule has 3 nitrogen and oxygen atoms in total. The quantitative estimate of drug-likeness (QED) is 0.428. The first kappa shape index (κ1) is 8.53. The normalized spacial score (nSPS) is 22.4. The Kier molecular flexibility index (Phi) is 3.98. The van der Waals surface area contributed by atoms with Gasteiger partial charge in [-0.05, 0) is 25.8 Å². The van der Waals surface area contributed by atoms with Gasteiger partial charge in [-0.2, -0.15) is 0 Å². The summed E-state index contributed by atoms with van der Waals surface area (Å²) in [5.41, 5.74) is 0. The lowest BCUT2D eigenvalue weighted by Crippen LogP contribution is -2.42. The van der Waals surface area contributed by atoms with Crippen LogP contribution in [0.2, 0.25) is 0 Å². The molecule has 1 aliphatic rings. The topological polar surface area (TPSA) is 41.1 Å². The summed E-state index contributed by atoms with van der Waals surface area (Å²) in [5.74, 6) is 0. The molecule has 1 saturated heterocycles. The first-order valence-electron chi connectivity index (χ1n) is 4.34. The Labute approximate surface area is 67.5 Å². The first-order chi connectivity index (χ1) is 5.43. The van der Waals surface area contributed by atoms with Crippen LogP contribution in [0.5, 0.6) is 0 Å². The molecule has 1 aliphatic heterocycles. The molecular formula is C8H16N2O. The predicted molar refractivity (Wildman–Crippen MR) is 44.3 cm³/mol. The number of carbonyl (C=O) groups is 1. The summed E-state index contributed by atoms with van der Waals surface area (Å²) in [6.07, 6.45) is 5.69. The molecule has 1 heterocycles. The van der Waals surface area contributed by atoms with Crippen LogP contribution in [0.1, 0.15) is 25.7 Å². The minimum absolute atomic E-state index is 0.765. The van der Waals surface area contributed by atoms with Crippen LogP contribution in [0, 0.1) is 0 Å². The summed E-state index contributed by atoms with van der Waals surface area (Å²) in [6, 6.07) is 0.770. The molecule has 0 aliphatic carbocycles. The van der Waals surface area contributed by atoms with E-state index in [2.05, 4.69) is 10.6 Å². The molecule has 64 valence electrons. The molecule has 1 rings (SSSR count). The average molecular weight is 156 g/mol. The fourth-order valence-corrected chi connectivity index (χ4v) is 1.27. The summed E-state index contributed by atoms with van der Waals surface area (Å²) < 4.78 is 0. The molecule has 2 N–H and O–H groups in total. The van der Waals surface area contributed by atoms with E-state index < -0.39 is 0 Å². The lowest BCUT2D eigenvalue weighted by molar-refractivity contribution is -0.109. The van der Waals surface area contributed by atoms with Crippen molar-refractivity contribution in [2.45, 2.75) is 31.7 Å². The Morgan fingerprint density at radius 1 is 1.55 bits per heavy atom. The van der Waals surface area contributed by atoms with Gasteiger partial charge in [-0.15, -0.1) is 0 Å². The third-order valence-corrected chi connectivity index (χ3v) is 2.13. The SMILES string of the molecule is O=CNCCCCC1CCN1. The highest BCUT2D eigenvalue weighted by Crippen LogP contribution is 2.09. The van der Waals surface area contributed by atoms with Crippen molar-refractivity contribution in [2.24, 2.45) is 0 Å². The van der Waals surface area contributed by atoms with Crippen LogP contribution >= 0.6 is 0 Å². The number of rotatable bonds is 6. The van der Waals surface area contributed by atoms with Gasteiger partial charge in [0.1, 0.15) is 0 Å². The van der Waals surface area contributed by atoms with Crippen molar-refractivity contribution >= 4 is 6.41 Å². The van der Waals surface area contributed by atoms with E-state index in [1.54, 1.807) is 0 Å². The Morgan fingerprint density at radius 2 is 2.36 bits per heavy atom. The van der Waals surface area contributed by atoms with Crippen molar-refractivity contribution in [1.82, 2.24) is 10.6 Å². The molecular weight excluding hydrogens is 140 g/mol. The van der Waals surface area contributed by atoms with E-state index in [0.717, 1.165) is 25.4 Å². The maximum absolute atomic E-state index is 9.85. The summed E-state index contributed by atoms with van der Waals surface area (Å²) in [6.45, 7) is 2.02. The van der Waals surface area contributed by atoms with Gasteiger partial charge in [-0.3, -0.25) is 4.79 Å². The van der Waals surface area contributed by atoms with Crippen molar-refractivity contribution in [1.29, 1.82) is 0 Å². The zero-order valence-electron chi connectivity index (χ0n) is 6.81. The van der Waals surface area contributed by atoms with Gasteiger partial charge >= 0.3 is 0 Å². The second-order valence-electron chi connectivity index (χ2n) is 3.01. The largest absolute Gasteiger partial charge is 0.359 e. The molecule has 0 radical (unpaired) electrons. The number of amides is 1. The van der Waals surface area contributed by atoms with Crippen LogP contribution in [-0.4, -0.2) is 25.5 Å². The van der Waals surface area contributed by atoms with E-state index in [-0.39, 0.29) is 0 Å². The summed E-state index contributed by atoms with van der Waals surface area (Å²) >= 11 is 0.